The van der Waals surface area contributed by atoms with Crippen LogP contribution in [-0.4, -0.2) is 48.5 Å². The number of nitrogens with zero attached hydrogens (tertiary/aromatic N) is 2. The maximum Gasteiger partial charge on any atom is 0.156 e. The molecule has 0 spiro atoms. The highest BCUT2D eigenvalue weighted by atomic mass is 32.2. The zero-order valence-electron chi connectivity index (χ0n) is 10.6. The van der Waals surface area contributed by atoms with Crippen molar-refractivity contribution >= 4 is 16.9 Å². The van der Waals surface area contributed by atoms with Crippen LogP contribution >= 0.6 is 11.8 Å². The van der Waals surface area contributed by atoms with Gasteiger partial charge in [-0.1, -0.05) is 25.6 Å². The van der Waals surface area contributed by atoms with Crippen LogP contribution in [0.15, 0.2) is 4.99 Å². The molecule has 4 heteroatoms. The van der Waals surface area contributed by atoms with E-state index >= 15 is 0 Å². The van der Waals surface area contributed by atoms with Crippen LogP contribution in [-0.2, 0) is 0 Å². The van der Waals surface area contributed by atoms with Gasteiger partial charge in [0.15, 0.2) is 5.17 Å². The third-order valence-corrected chi connectivity index (χ3v) is 4.74. The molecule has 2 rings (SSSR count). The Hall–Kier alpha value is -0.220. The Labute approximate surface area is 103 Å². The molecule has 0 unspecified atom stereocenters. The van der Waals surface area contributed by atoms with E-state index in [2.05, 4.69) is 36.1 Å². The van der Waals surface area contributed by atoms with Crippen LogP contribution in [0.1, 0.15) is 26.7 Å². The highest BCUT2D eigenvalue weighted by Gasteiger charge is 2.25. The Morgan fingerprint density at radius 2 is 2.06 bits per heavy atom. The normalized spacial score (nSPS) is 27.6. The lowest BCUT2D eigenvalue weighted by Crippen LogP contribution is -2.44. The molecule has 1 saturated heterocycles. The largest absolute Gasteiger partial charge is 0.362 e. The summed E-state index contributed by atoms with van der Waals surface area (Å²) in [5.41, 5.74) is 0.378. The van der Waals surface area contributed by atoms with Crippen LogP contribution in [0.5, 0.6) is 0 Å². The third kappa shape index (κ3) is 3.39. The first-order valence-electron chi connectivity index (χ1n) is 6.17. The Morgan fingerprint density at radius 3 is 2.62 bits per heavy atom. The average molecular weight is 241 g/mol. The number of thioether (sulfide) groups is 1. The minimum Gasteiger partial charge on any atom is -0.362 e. The van der Waals surface area contributed by atoms with Crippen LogP contribution in [0.2, 0.25) is 0 Å². The number of piperidine rings is 1. The SMILES string of the molecule is CN1CCC(NC2=NCC(C)(C)CS2)CC1. The molecule has 92 valence electrons. The Bertz CT molecular complexity index is 267. The van der Waals surface area contributed by atoms with E-state index < -0.39 is 0 Å². The first-order valence-corrected chi connectivity index (χ1v) is 7.16. The highest BCUT2D eigenvalue weighted by molar-refractivity contribution is 8.13. The van der Waals surface area contributed by atoms with Gasteiger partial charge >= 0.3 is 0 Å². The average Bonchev–Trinajstić information content (AvgIpc) is 2.24. The summed E-state index contributed by atoms with van der Waals surface area (Å²) in [5.74, 6) is 1.19. The Morgan fingerprint density at radius 1 is 1.38 bits per heavy atom. The summed E-state index contributed by atoms with van der Waals surface area (Å²) in [6.07, 6.45) is 2.50. The first-order chi connectivity index (χ1) is 7.55. The van der Waals surface area contributed by atoms with Crippen LogP contribution in [0.25, 0.3) is 0 Å². The number of rotatable bonds is 1. The van der Waals surface area contributed by atoms with Gasteiger partial charge in [-0.2, -0.15) is 0 Å². The van der Waals surface area contributed by atoms with Gasteiger partial charge in [0, 0.05) is 18.3 Å². The number of hydrogen-bond donors (Lipinski definition) is 1. The van der Waals surface area contributed by atoms with Crippen LogP contribution in [0, 0.1) is 5.41 Å². The molecule has 0 aromatic carbocycles. The Balaban J connectivity index is 1.80. The van der Waals surface area contributed by atoms with Crippen LogP contribution in [0.3, 0.4) is 0 Å². The molecule has 0 aromatic rings. The molecular formula is C12H23N3S. The molecule has 1 fully saturated rings. The maximum absolute atomic E-state index is 4.65. The van der Waals surface area contributed by atoms with Gasteiger partial charge < -0.3 is 10.2 Å². The second-order valence-corrected chi connectivity index (χ2v) is 6.76. The number of likely N-dealkylation sites (tertiary alicyclic amines) is 1. The van der Waals surface area contributed by atoms with Crippen molar-refractivity contribution in [1.29, 1.82) is 0 Å². The molecule has 0 saturated carbocycles. The van der Waals surface area contributed by atoms with E-state index in [4.69, 9.17) is 0 Å². The zero-order valence-corrected chi connectivity index (χ0v) is 11.4. The summed E-state index contributed by atoms with van der Waals surface area (Å²) in [6, 6.07) is 0.642. The van der Waals surface area contributed by atoms with Gasteiger partial charge in [0.25, 0.3) is 0 Å². The summed E-state index contributed by atoms with van der Waals surface area (Å²) in [4.78, 5) is 7.05. The molecule has 1 N–H and O–H groups in total. The van der Waals surface area contributed by atoms with Gasteiger partial charge in [-0.05, 0) is 38.4 Å². The Kier molecular flexibility index (Phi) is 3.80. The molecule has 2 aliphatic rings. The van der Waals surface area contributed by atoms with E-state index in [1.165, 1.54) is 36.9 Å². The van der Waals surface area contributed by atoms with E-state index in [9.17, 15) is 0 Å². The maximum atomic E-state index is 4.65. The molecule has 0 aromatic heterocycles. The van der Waals surface area contributed by atoms with Gasteiger partial charge in [-0.3, -0.25) is 4.99 Å². The fourth-order valence-electron chi connectivity index (χ4n) is 2.06. The summed E-state index contributed by atoms with van der Waals surface area (Å²) >= 11 is 1.89. The molecule has 3 nitrogen and oxygen atoms in total. The van der Waals surface area contributed by atoms with Crippen molar-refractivity contribution in [3.05, 3.63) is 0 Å². The number of nitrogens with one attached hydrogen (secondary N) is 1. The topological polar surface area (TPSA) is 27.6 Å². The van der Waals surface area contributed by atoms with E-state index in [0.29, 0.717) is 11.5 Å². The van der Waals surface area contributed by atoms with E-state index in [0.717, 1.165) is 6.54 Å². The molecule has 0 aliphatic carbocycles. The standard InChI is InChI=1S/C12H23N3S/c1-12(2)8-13-11(16-9-12)14-10-4-6-15(3)7-5-10/h10H,4-9H2,1-3H3,(H,13,14). The summed E-state index contributed by atoms with van der Waals surface area (Å²) < 4.78 is 0. The van der Waals surface area contributed by atoms with Crippen LogP contribution < -0.4 is 5.32 Å². The van der Waals surface area contributed by atoms with Gasteiger partial charge in [-0.15, -0.1) is 0 Å². The number of aliphatic imine (C=N–C) groups is 1. The smallest absolute Gasteiger partial charge is 0.156 e. The number of hydrogen-bond acceptors (Lipinski definition) is 4. The molecule has 0 bridgehead atoms. The summed E-state index contributed by atoms with van der Waals surface area (Å²) in [5, 5.41) is 4.78. The second-order valence-electron chi connectivity index (χ2n) is 5.80. The van der Waals surface area contributed by atoms with E-state index in [1.54, 1.807) is 0 Å². The quantitative estimate of drug-likeness (QED) is 0.758. The van der Waals surface area contributed by atoms with Gasteiger partial charge in [0.2, 0.25) is 0 Å². The van der Waals surface area contributed by atoms with Crippen LogP contribution in [0.4, 0.5) is 0 Å². The summed E-state index contributed by atoms with van der Waals surface area (Å²) in [6.45, 7) is 7.96. The summed E-state index contributed by atoms with van der Waals surface area (Å²) in [7, 11) is 2.20. The molecule has 16 heavy (non-hydrogen) atoms. The first kappa shape index (κ1) is 12.2. The molecule has 2 aliphatic heterocycles. The predicted octanol–water partition coefficient (Wildman–Crippen LogP) is 1.80. The molecule has 2 heterocycles. The van der Waals surface area contributed by atoms with Gasteiger partial charge in [0.1, 0.15) is 0 Å². The lowest BCUT2D eigenvalue weighted by molar-refractivity contribution is 0.247. The molecule has 0 radical (unpaired) electrons. The zero-order chi connectivity index (χ0) is 11.6. The van der Waals surface area contributed by atoms with Crippen molar-refractivity contribution in [2.75, 3.05) is 32.4 Å². The van der Waals surface area contributed by atoms with Gasteiger partial charge in [0.05, 0.1) is 0 Å². The third-order valence-electron chi connectivity index (χ3n) is 3.30. The minimum atomic E-state index is 0.378. The lowest BCUT2D eigenvalue weighted by atomic mass is 9.97. The van der Waals surface area contributed by atoms with E-state index in [1.807, 2.05) is 11.8 Å². The fraction of sp³-hybridized carbons (Fsp3) is 0.917. The van der Waals surface area contributed by atoms with E-state index in [-0.39, 0.29) is 0 Å². The monoisotopic (exact) mass is 241 g/mol. The molecular weight excluding hydrogens is 218 g/mol. The van der Waals surface area contributed by atoms with Crippen molar-refractivity contribution in [3.8, 4) is 0 Å². The fourth-order valence-corrected chi connectivity index (χ4v) is 3.08. The highest BCUT2D eigenvalue weighted by Crippen LogP contribution is 2.27. The predicted molar refractivity (Wildman–Crippen MR) is 72.2 cm³/mol. The van der Waals surface area contributed by atoms with Crippen molar-refractivity contribution in [3.63, 3.8) is 0 Å². The second kappa shape index (κ2) is 4.96. The van der Waals surface area contributed by atoms with Crippen molar-refractivity contribution < 1.29 is 0 Å². The van der Waals surface area contributed by atoms with Crippen molar-refractivity contribution in [2.45, 2.75) is 32.7 Å². The lowest BCUT2D eigenvalue weighted by Gasteiger charge is -2.33. The number of amidine groups is 1. The van der Waals surface area contributed by atoms with Crippen molar-refractivity contribution in [2.24, 2.45) is 10.4 Å². The van der Waals surface area contributed by atoms with Gasteiger partial charge in [-0.25, -0.2) is 0 Å². The molecule has 0 atom stereocenters. The molecule has 0 amide bonds. The van der Waals surface area contributed by atoms with Crippen molar-refractivity contribution in [1.82, 2.24) is 10.2 Å². The minimum absolute atomic E-state index is 0.378.